The van der Waals surface area contributed by atoms with Crippen LogP contribution in [-0.4, -0.2) is 51.1 Å². The van der Waals surface area contributed by atoms with E-state index in [1.165, 1.54) is 6.42 Å². The zero-order valence-corrected chi connectivity index (χ0v) is 13.8. The van der Waals surface area contributed by atoms with E-state index >= 15 is 0 Å². The largest absolute Gasteiger partial charge is 0.479 e. The van der Waals surface area contributed by atoms with E-state index in [-0.39, 0.29) is 10.8 Å². The van der Waals surface area contributed by atoms with E-state index in [0.29, 0.717) is 25.9 Å². The molecule has 0 aromatic carbocycles. The Morgan fingerprint density at radius 3 is 2.67 bits per heavy atom. The molecule has 2 aliphatic rings. The molecule has 0 bridgehead atoms. The van der Waals surface area contributed by atoms with Gasteiger partial charge in [-0.05, 0) is 44.8 Å². The normalized spacial score (nSPS) is 32.4. The molecule has 2 saturated heterocycles. The van der Waals surface area contributed by atoms with Crippen LogP contribution in [0.4, 0.5) is 4.79 Å². The van der Waals surface area contributed by atoms with Crippen LogP contribution in [-0.2, 0) is 4.79 Å². The molecule has 0 aromatic rings. The van der Waals surface area contributed by atoms with E-state index in [1.54, 1.807) is 4.90 Å². The molecule has 2 rings (SSSR count). The van der Waals surface area contributed by atoms with Gasteiger partial charge in [0.2, 0.25) is 0 Å². The van der Waals surface area contributed by atoms with Crippen molar-refractivity contribution in [2.24, 2.45) is 0 Å². The molecule has 0 radical (unpaired) electrons. The van der Waals surface area contributed by atoms with Crippen LogP contribution in [0.2, 0.25) is 0 Å². The van der Waals surface area contributed by atoms with Crippen LogP contribution in [0.3, 0.4) is 0 Å². The first-order chi connectivity index (χ1) is 9.93. The summed E-state index contributed by atoms with van der Waals surface area (Å²) in [4.78, 5) is 25.8. The zero-order chi connectivity index (χ0) is 15.5. The number of carboxylic acid groups (broad SMARTS) is 1. The van der Waals surface area contributed by atoms with Gasteiger partial charge in [-0.1, -0.05) is 13.3 Å². The van der Waals surface area contributed by atoms with Gasteiger partial charge in [0.15, 0.2) is 0 Å². The van der Waals surface area contributed by atoms with E-state index in [4.69, 9.17) is 0 Å². The van der Waals surface area contributed by atoms with Gasteiger partial charge in [0.25, 0.3) is 0 Å². The summed E-state index contributed by atoms with van der Waals surface area (Å²) in [5, 5.41) is 12.6. The lowest BCUT2D eigenvalue weighted by molar-refractivity contribution is -0.148. The molecule has 6 heteroatoms. The minimum Gasteiger partial charge on any atom is -0.479 e. The maximum atomic E-state index is 12.5. The maximum absolute atomic E-state index is 12.5. The number of carbonyl (C=O) groups is 2. The van der Waals surface area contributed by atoms with E-state index in [2.05, 4.69) is 12.2 Å². The number of carboxylic acids is 1. The summed E-state index contributed by atoms with van der Waals surface area (Å²) in [5.41, 5.74) is -0.997. The van der Waals surface area contributed by atoms with Crippen LogP contribution in [0.15, 0.2) is 0 Å². The molecule has 2 unspecified atom stereocenters. The third kappa shape index (κ3) is 3.30. The molecular weight excluding hydrogens is 288 g/mol. The maximum Gasteiger partial charge on any atom is 0.329 e. The lowest BCUT2D eigenvalue weighted by Gasteiger charge is -2.35. The smallest absolute Gasteiger partial charge is 0.329 e. The van der Waals surface area contributed by atoms with E-state index in [0.717, 1.165) is 25.0 Å². The van der Waals surface area contributed by atoms with Crippen LogP contribution >= 0.6 is 11.8 Å². The minimum absolute atomic E-state index is 0.103. The summed E-state index contributed by atoms with van der Waals surface area (Å²) in [6.07, 6.45) is 4.93. The lowest BCUT2D eigenvalue weighted by Crippen LogP contribution is -2.57. The van der Waals surface area contributed by atoms with Gasteiger partial charge < -0.3 is 15.3 Å². The Kier molecular flexibility index (Phi) is 5.07. The molecule has 2 N–H and O–H groups in total. The Hall–Kier alpha value is -0.910. The van der Waals surface area contributed by atoms with Crippen molar-refractivity contribution < 1.29 is 14.7 Å². The number of rotatable bonds is 5. The number of thioether (sulfide) groups is 1. The molecular formula is C15H26N2O3S. The highest BCUT2D eigenvalue weighted by atomic mass is 32.2. The van der Waals surface area contributed by atoms with Crippen molar-refractivity contribution in [3.63, 3.8) is 0 Å². The van der Waals surface area contributed by atoms with Crippen molar-refractivity contribution in [1.29, 1.82) is 0 Å². The average Bonchev–Trinajstić information content (AvgIpc) is 3.05. The van der Waals surface area contributed by atoms with Crippen molar-refractivity contribution in [3.8, 4) is 0 Å². The summed E-state index contributed by atoms with van der Waals surface area (Å²) < 4.78 is 0.103. The first-order valence-corrected chi connectivity index (χ1v) is 8.85. The second-order valence-corrected chi connectivity index (χ2v) is 8.09. The highest BCUT2D eigenvalue weighted by Crippen LogP contribution is 2.38. The second-order valence-electron chi connectivity index (χ2n) is 6.40. The fraction of sp³-hybridized carbons (Fsp3) is 0.867. The first kappa shape index (κ1) is 16.5. The number of hydrogen-bond donors (Lipinski definition) is 2. The van der Waals surface area contributed by atoms with Crippen LogP contribution in [0.1, 0.15) is 52.4 Å². The van der Waals surface area contributed by atoms with Gasteiger partial charge in [0.1, 0.15) is 5.54 Å². The highest BCUT2D eigenvalue weighted by Gasteiger charge is 2.49. The van der Waals surface area contributed by atoms with Gasteiger partial charge in [-0.25, -0.2) is 9.59 Å². The fourth-order valence-corrected chi connectivity index (χ4v) is 4.76. The number of nitrogens with one attached hydrogen (secondary N) is 1. The third-order valence-corrected chi connectivity index (χ3v) is 6.25. The summed E-state index contributed by atoms with van der Waals surface area (Å²) in [7, 11) is 0. The number of amides is 2. The van der Waals surface area contributed by atoms with Crippen molar-refractivity contribution in [2.75, 3.05) is 18.8 Å². The van der Waals surface area contributed by atoms with Crippen LogP contribution < -0.4 is 5.32 Å². The standard InChI is InChI=1S/C15H26N2O3S/c1-3-6-15(12(18)19)8-4-9-17(15)13(20)16-11-14(2)7-5-10-21-14/h3-11H2,1-2H3,(H,16,20)(H,18,19). The SMILES string of the molecule is CCCC1(C(=O)O)CCCN1C(=O)NCC1(C)CCCS1. The van der Waals surface area contributed by atoms with Crippen molar-refractivity contribution in [1.82, 2.24) is 10.2 Å². The van der Waals surface area contributed by atoms with E-state index < -0.39 is 11.5 Å². The molecule has 2 fully saturated rings. The highest BCUT2D eigenvalue weighted by molar-refractivity contribution is 8.00. The zero-order valence-electron chi connectivity index (χ0n) is 13.0. The predicted molar refractivity (Wildman–Crippen MR) is 84.7 cm³/mol. The van der Waals surface area contributed by atoms with Crippen molar-refractivity contribution in [3.05, 3.63) is 0 Å². The van der Waals surface area contributed by atoms with Crippen molar-refractivity contribution >= 4 is 23.8 Å². The molecule has 5 nitrogen and oxygen atoms in total. The Bertz CT molecular complexity index is 410. The van der Waals surface area contributed by atoms with Gasteiger partial charge in [-0.2, -0.15) is 11.8 Å². The Balaban J connectivity index is 2.01. The van der Waals surface area contributed by atoms with Crippen LogP contribution in [0.5, 0.6) is 0 Å². The number of likely N-dealkylation sites (tertiary alicyclic amines) is 1. The van der Waals surface area contributed by atoms with Crippen LogP contribution in [0.25, 0.3) is 0 Å². The molecule has 0 aliphatic carbocycles. The molecule has 2 atom stereocenters. The summed E-state index contributed by atoms with van der Waals surface area (Å²) in [6, 6.07) is -0.211. The molecule has 2 heterocycles. The number of aliphatic carboxylic acids is 1. The minimum atomic E-state index is -0.997. The number of nitrogens with zero attached hydrogens (tertiary/aromatic N) is 1. The molecule has 0 spiro atoms. The topological polar surface area (TPSA) is 69.6 Å². The molecule has 2 aliphatic heterocycles. The Labute approximate surface area is 130 Å². The van der Waals surface area contributed by atoms with Gasteiger partial charge in [0.05, 0.1) is 0 Å². The second kappa shape index (κ2) is 6.46. The Morgan fingerprint density at radius 1 is 1.33 bits per heavy atom. The number of hydrogen-bond acceptors (Lipinski definition) is 3. The molecule has 0 saturated carbocycles. The van der Waals surface area contributed by atoms with Crippen molar-refractivity contribution in [2.45, 2.75) is 62.7 Å². The van der Waals surface area contributed by atoms with Gasteiger partial charge in [-0.15, -0.1) is 0 Å². The quantitative estimate of drug-likeness (QED) is 0.818. The first-order valence-electron chi connectivity index (χ1n) is 7.86. The number of carbonyl (C=O) groups excluding carboxylic acids is 1. The van der Waals surface area contributed by atoms with Crippen LogP contribution in [0, 0.1) is 0 Å². The molecule has 120 valence electrons. The monoisotopic (exact) mass is 314 g/mol. The van der Waals surface area contributed by atoms with Gasteiger partial charge in [-0.3, -0.25) is 0 Å². The summed E-state index contributed by atoms with van der Waals surface area (Å²) >= 11 is 1.90. The predicted octanol–water partition coefficient (Wildman–Crippen LogP) is 2.70. The third-order valence-electron chi connectivity index (χ3n) is 4.71. The Morgan fingerprint density at radius 2 is 2.10 bits per heavy atom. The fourth-order valence-electron chi connectivity index (χ4n) is 3.51. The van der Waals surface area contributed by atoms with E-state index in [1.807, 2.05) is 18.7 Å². The van der Waals surface area contributed by atoms with Gasteiger partial charge >= 0.3 is 12.0 Å². The average molecular weight is 314 g/mol. The molecule has 21 heavy (non-hydrogen) atoms. The van der Waals surface area contributed by atoms with E-state index in [9.17, 15) is 14.7 Å². The number of urea groups is 1. The van der Waals surface area contributed by atoms with Gasteiger partial charge in [0, 0.05) is 17.8 Å². The molecule has 2 amide bonds. The molecule has 0 aromatic heterocycles. The lowest BCUT2D eigenvalue weighted by atomic mass is 9.91. The summed E-state index contributed by atoms with van der Waals surface area (Å²) in [5.74, 6) is 0.281. The summed E-state index contributed by atoms with van der Waals surface area (Å²) in [6.45, 7) is 5.30.